The van der Waals surface area contributed by atoms with Crippen LogP contribution >= 0.6 is 12.6 Å². The monoisotopic (exact) mass is 226 g/mol. The van der Waals surface area contributed by atoms with Gasteiger partial charge in [0.05, 0.1) is 0 Å². The molecule has 0 saturated carbocycles. The molecule has 1 atom stereocenters. The molecule has 1 radical (unpaired) electrons. The molecule has 0 fully saturated rings. The number of thiol groups is 1. The summed E-state index contributed by atoms with van der Waals surface area (Å²) in [7, 11) is 0. The summed E-state index contributed by atoms with van der Waals surface area (Å²) in [6.45, 7) is 0. The first-order chi connectivity index (χ1) is 4.59. The van der Waals surface area contributed by atoms with Crippen LogP contribution in [0.4, 0.5) is 0 Å². The summed E-state index contributed by atoms with van der Waals surface area (Å²) in [5.74, 6) is -0.815. The average Bonchev–Trinajstić information content (AvgIpc) is 1.88. The molecule has 0 aliphatic rings. The van der Waals surface area contributed by atoms with Gasteiger partial charge in [-0.2, -0.15) is 12.6 Å². The SMILES string of the molecule is C[As]C.N[C@@H](CS)C(=O)O. The molecule has 0 heterocycles. The second-order valence-electron chi connectivity index (χ2n) is 1.57. The molecule has 0 aliphatic heterocycles. The van der Waals surface area contributed by atoms with Gasteiger partial charge < -0.3 is 10.8 Å². The number of nitrogens with two attached hydrogens (primary N) is 1. The van der Waals surface area contributed by atoms with Gasteiger partial charge in [-0.05, 0) is 0 Å². The maximum atomic E-state index is 9.76. The minimum atomic E-state index is -1.00. The van der Waals surface area contributed by atoms with Crippen molar-refractivity contribution in [3.8, 4) is 0 Å². The molecule has 0 amide bonds. The van der Waals surface area contributed by atoms with Crippen molar-refractivity contribution in [3.63, 3.8) is 0 Å². The van der Waals surface area contributed by atoms with Crippen LogP contribution in [0, 0.1) is 0 Å². The van der Waals surface area contributed by atoms with Crippen molar-refractivity contribution >= 4 is 34.4 Å². The first-order valence-corrected chi connectivity index (χ1v) is 7.05. The Morgan fingerprint density at radius 3 is 2.10 bits per heavy atom. The van der Waals surface area contributed by atoms with Crippen molar-refractivity contribution in [2.45, 2.75) is 17.5 Å². The Hall–Kier alpha value is 0.338. The zero-order valence-electron chi connectivity index (χ0n) is 6.11. The zero-order chi connectivity index (χ0) is 8.57. The van der Waals surface area contributed by atoms with E-state index in [4.69, 9.17) is 10.8 Å². The largest absolute Gasteiger partial charge is 0.480 e. The van der Waals surface area contributed by atoms with Crippen LogP contribution in [0.2, 0.25) is 11.4 Å². The van der Waals surface area contributed by atoms with Crippen molar-refractivity contribution in [2.75, 3.05) is 5.75 Å². The number of carboxylic acids is 1. The molecule has 0 unspecified atom stereocenters. The first kappa shape index (κ1) is 13.0. The van der Waals surface area contributed by atoms with Crippen LogP contribution in [0.1, 0.15) is 0 Å². The van der Waals surface area contributed by atoms with Gasteiger partial charge in [-0.3, -0.25) is 4.79 Å². The van der Waals surface area contributed by atoms with Crippen LogP contribution in [0.15, 0.2) is 0 Å². The van der Waals surface area contributed by atoms with Gasteiger partial charge in [0.25, 0.3) is 0 Å². The van der Waals surface area contributed by atoms with Gasteiger partial charge in [0, 0.05) is 5.75 Å². The molecule has 61 valence electrons. The molecule has 5 heteroatoms. The predicted octanol–water partition coefficient (Wildman–Crippen LogP) is 0.115. The quantitative estimate of drug-likeness (QED) is 0.462. The molecular weight excluding hydrogens is 213 g/mol. The fraction of sp³-hybridized carbons (Fsp3) is 0.800. The maximum absolute atomic E-state index is 9.76. The summed E-state index contributed by atoms with van der Waals surface area (Å²) >= 11 is 4.34. The molecule has 0 aromatic heterocycles. The van der Waals surface area contributed by atoms with Crippen molar-refractivity contribution in [2.24, 2.45) is 5.73 Å². The fourth-order valence-electron chi connectivity index (χ4n) is 0.0781. The third-order valence-corrected chi connectivity index (χ3v) is 0.907. The molecule has 0 saturated heterocycles. The molecule has 3 nitrogen and oxygen atoms in total. The molecule has 0 bridgehead atoms. The Balaban J connectivity index is 0. The summed E-state index contributed by atoms with van der Waals surface area (Å²) in [4.78, 5) is 9.76. The Kier molecular flexibility index (Phi) is 12.1. The number of rotatable bonds is 2. The summed E-state index contributed by atoms with van der Waals surface area (Å²) < 4.78 is 0. The van der Waals surface area contributed by atoms with Crippen molar-refractivity contribution in [1.82, 2.24) is 0 Å². The van der Waals surface area contributed by atoms with Crippen molar-refractivity contribution in [1.29, 1.82) is 0 Å². The van der Waals surface area contributed by atoms with Gasteiger partial charge in [-0.15, -0.1) is 0 Å². The minimum Gasteiger partial charge on any atom is -0.480 e. The molecule has 0 spiro atoms. The van der Waals surface area contributed by atoms with E-state index in [0.29, 0.717) is 15.8 Å². The average molecular weight is 226 g/mol. The van der Waals surface area contributed by atoms with E-state index in [1.54, 1.807) is 0 Å². The Morgan fingerprint density at radius 1 is 1.80 bits per heavy atom. The second kappa shape index (κ2) is 9.34. The van der Waals surface area contributed by atoms with Crippen molar-refractivity contribution < 1.29 is 9.90 Å². The maximum Gasteiger partial charge on any atom is 0.321 e. The van der Waals surface area contributed by atoms with E-state index in [1.807, 2.05) is 0 Å². The Morgan fingerprint density at radius 2 is 2.10 bits per heavy atom. The molecule has 0 aliphatic carbocycles. The smallest absolute Gasteiger partial charge is 0.321 e. The normalized spacial score (nSPS) is 11.2. The van der Waals surface area contributed by atoms with Crippen LogP contribution in [0.25, 0.3) is 0 Å². The minimum absolute atomic E-state index is 0.190. The number of carbonyl (C=O) groups is 1. The number of aliphatic carboxylic acids is 1. The van der Waals surface area contributed by atoms with E-state index in [-0.39, 0.29) is 5.75 Å². The van der Waals surface area contributed by atoms with Crippen LogP contribution in [-0.2, 0) is 4.79 Å². The third kappa shape index (κ3) is 11.2. The fourth-order valence-corrected chi connectivity index (χ4v) is 0.234. The van der Waals surface area contributed by atoms with E-state index in [2.05, 4.69) is 24.1 Å². The van der Waals surface area contributed by atoms with Gasteiger partial charge in [0.1, 0.15) is 6.04 Å². The standard InChI is InChI=1S/C3H7NO2S.C2H6As/c4-2(1-7)3(5)6;1-3-2/h2,7H,1,4H2,(H,5,6);1-2H3/t2-;/m0./s1. The first-order valence-electron chi connectivity index (χ1n) is 2.67. The molecule has 0 rings (SSSR count). The third-order valence-electron chi connectivity index (χ3n) is 0.514. The topological polar surface area (TPSA) is 63.3 Å². The summed E-state index contributed by atoms with van der Waals surface area (Å²) in [6.07, 6.45) is 0. The zero-order valence-corrected chi connectivity index (χ0v) is 8.88. The Labute approximate surface area is 73.5 Å². The molecule has 10 heavy (non-hydrogen) atoms. The number of hydrogen-bond acceptors (Lipinski definition) is 3. The summed E-state index contributed by atoms with van der Waals surface area (Å²) in [5.41, 5.74) is 9.38. The second-order valence-corrected chi connectivity index (χ2v) is 3.82. The molecule has 3 N–H and O–H groups in total. The van der Waals surface area contributed by atoms with Gasteiger partial charge in [-0.25, -0.2) is 0 Å². The van der Waals surface area contributed by atoms with E-state index in [0.717, 1.165) is 0 Å². The molecular formula is C5H13AsNO2S. The van der Waals surface area contributed by atoms with Gasteiger partial charge >= 0.3 is 33.1 Å². The summed E-state index contributed by atoms with van der Waals surface area (Å²) in [5, 5.41) is 8.01. The number of hydrogen-bond donors (Lipinski definition) is 3. The van der Waals surface area contributed by atoms with Crippen molar-refractivity contribution in [3.05, 3.63) is 0 Å². The van der Waals surface area contributed by atoms with Crippen LogP contribution in [0.5, 0.6) is 0 Å². The van der Waals surface area contributed by atoms with E-state index in [9.17, 15) is 4.79 Å². The Bertz CT molecular complexity index is 91.7. The van der Waals surface area contributed by atoms with Crippen LogP contribution < -0.4 is 5.73 Å². The van der Waals surface area contributed by atoms with E-state index in [1.165, 1.54) is 0 Å². The van der Waals surface area contributed by atoms with Crippen LogP contribution in [0.3, 0.4) is 0 Å². The van der Waals surface area contributed by atoms with Gasteiger partial charge in [-0.1, -0.05) is 0 Å². The van der Waals surface area contributed by atoms with Crippen LogP contribution in [-0.4, -0.2) is 38.6 Å². The number of carboxylic acid groups (broad SMARTS) is 1. The molecule has 0 aromatic rings. The summed E-state index contributed by atoms with van der Waals surface area (Å²) in [6, 6.07) is -0.816. The van der Waals surface area contributed by atoms with E-state index >= 15 is 0 Å². The van der Waals surface area contributed by atoms with Gasteiger partial charge in [0.2, 0.25) is 0 Å². The molecule has 0 aromatic carbocycles. The van der Waals surface area contributed by atoms with Gasteiger partial charge in [0.15, 0.2) is 0 Å². The predicted molar refractivity (Wildman–Crippen MR) is 46.9 cm³/mol. The van der Waals surface area contributed by atoms with E-state index < -0.39 is 12.0 Å².